The van der Waals surface area contributed by atoms with E-state index in [1.165, 1.54) is 4.90 Å². The van der Waals surface area contributed by atoms with Gasteiger partial charge in [0.05, 0.1) is 17.4 Å². The molecule has 0 saturated carbocycles. The van der Waals surface area contributed by atoms with Gasteiger partial charge in [0.15, 0.2) is 0 Å². The van der Waals surface area contributed by atoms with Crippen molar-refractivity contribution < 1.29 is 9.90 Å². The number of aromatic nitrogens is 1. The van der Waals surface area contributed by atoms with Crippen molar-refractivity contribution in [2.45, 2.75) is 0 Å². The minimum absolute atomic E-state index is 0.0190. The maximum Gasteiger partial charge on any atom is 0.261 e. The molecule has 4 nitrogen and oxygen atoms in total. The molecule has 0 radical (unpaired) electrons. The van der Waals surface area contributed by atoms with Crippen LogP contribution in [-0.4, -0.2) is 23.0 Å². The smallest absolute Gasteiger partial charge is 0.261 e. The second-order valence-electron chi connectivity index (χ2n) is 4.79. The van der Waals surface area contributed by atoms with E-state index in [0.717, 1.165) is 10.8 Å². The highest BCUT2D eigenvalue weighted by atomic mass is 16.3. The third kappa shape index (κ3) is 2.43. The van der Waals surface area contributed by atoms with Crippen LogP contribution in [0.25, 0.3) is 10.8 Å². The van der Waals surface area contributed by atoms with Crippen molar-refractivity contribution in [3.05, 3.63) is 66.5 Å². The van der Waals surface area contributed by atoms with Gasteiger partial charge in [-0.3, -0.25) is 9.78 Å². The first-order valence-electron chi connectivity index (χ1n) is 6.56. The summed E-state index contributed by atoms with van der Waals surface area (Å²) in [5.74, 6) is -0.291. The van der Waals surface area contributed by atoms with Gasteiger partial charge in [-0.25, -0.2) is 0 Å². The lowest BCUT2D eigenvalue weighted by Crippen LogP contribution is -2.26. The average Bonchev–Trinajstić information content (AvgIpc) is 2.53. The lowest BCUT2D eigenvalue weighted by Gasteiger charge is -2.17. The van der Waals surface area contributed by atoms with Crippen molar-refractivity contribution in [3.63, 3.8) is 0 Å². The summed E-state index contributed by atoms with van der Waals surface area (Å²) in [5, 5.41) is 11.9. The summed E-state index contributed by atoms with van der Waals surface area (Å²) in [6.07, 6.45) is 3.26. The standard InChI is InChI=1S/C17H14N2O2/c1-19(14-7-4-8-18-11-14)17(21)15-9-12-5-2-3-6-13(12)10-16(15)20/h2-11,20H,1H3. The molecule has 4 heteroatoms. The summed E-state index contributed by atoms with van der Waals surface area (Å²) < 4.78 is 0. The fourth-order valence-electron chi connectivity index (χ4n) is 2.25. The van der Waals surface area contributed by atoms with Crippen molar-refractivity contribution in [2.75, 3.05) is 11.9 Å². The second-order valence-corrected chi connectivity index (χ2v) is 4.79. The molecule has 2 aromatic carbocycles. The lowest BCUT2D eigenvalue weighted by atomic mass is 10.0. The molecule has 1 amide bonds. The van der Waals surface area contributed by atoms with Crippen molar-refractivity contribution >= 4 is 22.4 Å². The highest BCUT2D eigenvalue weighted by molar-refractivity contribution is 6.09. The molecule has 0 atom stereocenters. The number of fused-ring (bicyclic) bond motifs is 1. The van der Waals surface area contributed by atoms with Crippen molar-refractivity contribution in [1.82, 2.24) is 4.98 Å². The number of carbonyl (C=O) groups is 1. The summed E-state index contributed by atoms with van der Waals surface area (Å²) in [7, 11) is 1.66. The second kappa shape index (κ2) is 5.25. The van der Waals surface area contributed by atoms with E-state index in [9.17, 15) is 9.90 Å². The Hall–Kier alpha value is -2.88. The normalized spacial score (nSPS) is 10.5. The number of pyridine rings is 1. The Bertz CT molecular complexity index is 800. The molecular formula is C17H14N2O2. The largest absolute Gasteiger partial charge is 0.507 e. The number of rotatable bonds is 2. The van der Waals surface area contributed by atoms with Crippen LogP contribution in [0.1, 0.15) is 10.4 Å². The molecule has 0 spiro atoms. The Balaban J connectivity index is 2.03. The number of phenols is 1. The van der Waals surface area contributed by atoms with E-state index in [0.29, 0.717) is 5.69 Å². The number of hydrogen-bond acceptors (Lipinski definition) is 3. The Labute approximate surface area is 122 Å². The first-order valence-corrected chi connectivity index (χ1v) is 6.56. The third-order valence-corrected chi connectivity index (χ3v) is 3.43. The van der Waals surface area contributed by atoms with Crippen LogP contribution in [0.4, 0.5) is 5.69 Å². The van der Waals surface area contributed by atoms with Crippen molar-refractivity contribution in [2.24, 2.45) is 0 Å². The Morgan fingerprint density at radius 2 is 1.81 bits per heavy atom. The zero-order valence-corrected chi connectivity index (χ0v) is 11.5. The first-order chi connectivity index (χ1) is 10.2. The van der Waals surface area contributed by atoms with Crippen molar-refractivity contribution in [3.8, 4) is 5.75 Å². The van der Waals surface area contributed by atoms with Crippen LogP contribution in [-0.2, 0) is 0 Å². The fourth-order valence-corrected chi connectivity index (χ4v) is 2.25. The van der Waals surface area contributed by atoms with E-state index >= 15 is 0 Å². The molecule has 0 saturated heterocycles. The number of nitrogens with zero attached hydrogens (tertiary/aromatic N) is 2. The lowest BCUT2D eigenvalue weighted by molar-refractivity contribution is 0.0990. The highest BCUT2D eigenvalue weighted by Crippen LogP contribution is 2.27. The van der Waals surface area contributed by atoms with E-state index in [1.54, 1.807) is 43.7 Å². The maximum absolute atomic E-state index is 12.5. The van der Waals surface area contributed by atoms with Crippen LogP contribution in [0.3, 0.4) is 0 Å². The molecule has 0 bridgehead atoms. The monoisotopic (exact) mass is 278 g/mol. The summed E-state index contributed by atoms with van der Waals surface area (Å²) >= 11 is 0. The van der Waals surface area contributed by atoms with Gasteiger partial charge in [-0.2, -0.15) is 0 Å². The van der Waals surface area contributed by atoms with Gasteiger partial charge in [-0.05, 0) is 35.0 Å². The van der Waals surface area contributed by atoms with Crippen LogP contribution >= 0.6 is 0 Å². The molecule has 21 heavy (non-hydrogen) atoms. The number of hydrogen-bond donors (Lipinski definition) is 1. The van der Waals surface area contributed by atoms with Gasteiger partial charge in [0.2, 0.25) is 0 Å². The average molecular weight is 278 g/mol. The molecule has 0 aliphatic carbocycles. The SMILES string of the molecule is CN(C(=O)c1cc2ccccc2cc1O)c1cccnc1. The zero-order valence-electron chi connectivity index (χ0n) is 11.5. The zero-order chi connectivity index (χ0) is 14.8. The van der Waals surface area contributed by atoms with E-state index in [2.05, 4.69) is 4.98 Å². The predicted octanol–water partition coefficient (Wildman–Crippen LogP) is 3.22. The molecule has 0 unspecified atom stereocenters. The molecule has 0 aliphatic heterocycles. The quantitative estimate of drug-likeness (QED) is 0.783. The topological polar surface area (TPSA) is 53.4 Å². The molecular weight excluding hydrogens is 264 g/mol. The van der Waals surface area contributed by atoms with Gasteiger partial charge in [0, 0.05) is 13.2 Å². The summed E-state index contributed by atoms with van der Waals surface area (Å²) in [6, 6.07) is 14.5. The minimum atomic E-state index is -0.272. The number of anilines is 1. The summed E-state index contributed by atoms with van der Waals surface area (Å²) in [5.41, 5.74) is 0.954. The maximum atomic E-state index is 12.5. The van der Waals surface area contributed by atoms with Crippen LogP contribution in [0, 0.1) is 0 Å². The fraction of sp³-hybridized carbons (Fsp3) is 0.0588. The molecule has 3 rings (SSSR count). The summed E-state index contributed by atoms with van der Waals surface area (Å²) in [6.45, 7) is 0. The molecule has 0 fully saturated rings. The minimum Gasteiger partial charge on any atom is -0.507 e. The van der Waals surface area contributed by atoms with Crippen LogP contribution in [0.5, 0.6) is 5.75 Å². The van der Waals surface area contributed by atoms with E-state index in [1.807, 2.05) is 24.3 Å². The number of carbonyl (C=O) groups excluding carboxylic acids is 1. The van der Waals surface area contributed by atoms with Gasteiger partial charge in [0.25, 0.3) is 5.91 Å². The molecule has 1 aromatic heterocycles. The van der Waals surface area contributed by atoms with Gasteiger partial charge in [-0.1, -0.05) is 24.3 Å². The van der Waals surface area contributed by atoms with Gasteiger partial charge >= 0.3 is 0 Å². The van der Waals surface area contributed by atoms with Gasteiger partial charge in [0.1, 0.15) is 5.75 Å². The molecule has 3 aromatic rings. The van der Waals surface area contributed by atoms with Crippen LogP contribution < -0.4 is 4.90 Å². The highest BCUT2D eigenvalue weighted by Gasteiger charge is 2.18. The number of benzene rings is 2. The molecule has 104 valence electrons. The number of amides is 1. The van der Waals surface area contributed by atoms with E-state index in [-0.39, 0.29) is 17.2 Å². The number of phenolic OH excluding ortho intramolecular Hbond substituents is 1. The van der Waals surface area contributed by atoms with E-state index < -0.39 is 0 Å². The molecule has 0 aliphatic rings. The molecule has 1 heterocycles. The van der Waals surface area contributed by atoms with Crippen molar-refractivity contribution in [1.29, 1.82) is 0 Å². The summed E-state index contributed by atoms with van der Waals surface area (Å²) in [4.78, 5) is 18.0. The Morgan fingerprint density at radius 3 is 2.48 bits per heavy atom. The Kier molecular flexibility index (Phi) is 3.28. The van der Waals surface area contributed by atoms with Crippen LogP contribution in [0.2, 0.25) is 0 Å². The van der Waals surface area contributed by atoms with Gasteiger partial charge in [-0.15, -0.1) is 0 Å². The number of aromatic hydroxyl groups is 1. The first kappa shape index (κ1) is 13.1. The predicted molar refractivity (Wildman–Crippen MR) is 82.6 cm³/mol. The molecule has 1 N–H and O–H groups in total. The van der Waals surface area contributed by atoms with Crippen LogP contribution in [0.15, 0.2) is 60.9 Å². The third-order valence-electron chi connectivity index (χ3n) is 3.43. The van der Waals surface area contributed by atoms with E-state index in [4.69, 9.17) is 0 Å². The van der Waals surface area contributed by atoms with Gasteiger partial charge < -0.3 is 10.0 Å². The Morgan fingerprint density at radius 1 is 1.10 bits per heavy atom.